The highest BCUT2D eigenvalue weighted by molar-refractivity contribution is 5.27. The van der Waals surface area contributed by atoms with Crippen LogP contribution in [0.5, 0.6) is 0 Å². The molecule has 0 saturated heterocycles. The molecule has 0 aliphatic heterocycles. The van der Waals surface area contributed by atoms with E-state index in [0.29, 0.717) is 0 Å². The van der Waals surface area contributed by atoms with Gasteiger partial charge in [0.15, 0.2) is 0 Å². The summed E-state index contributed by atoms with van der Waals surface area (Å²) in [5.41, 5.74) is 2.55. The molecule has 0 spiro atoms. The molecule has 2 atom stereocenters. The Morgan fingerprint density at radius 1 is 1.11 bits per heavy atom. The third-order valence-electron chi connectivity index (χ3n) is 3.92. The SMILES string of the molecule is CCNC(c1ccc(CC)cc1)C(C)(CC)OCC. The molecule has 2 heteroatoms. The van der Waals surface area contributed by atoms with Crippen LogP contribution < -0.4 is 5.32 Å². The highest BCUT2D eigenvalue weighted by Gasteiger charge is 2.33. The van der Waals surface area contributed by atoms with Crippen LogP contribution in [0.15, 0.2) is 24.3 Å². The van der Waals surface area contributed by atoms with Gasteiger partial charge < -0.3 is 10.1 Å². The standard InChI is InChI=1S/C17H29NO/c1-6-14-10-12-15(13-11-14)16(18-8-3)17(5,7-2)19-9-4/h10-13,16,18H,6-9H2,1-5H3. The summed E-state index contributed by atoms with van der Waals surface area (Å²) in [6, 6.07) is 9.16. The van der Waals surface area contributed by atoms with Crippen molar-refractivity contribution in [2.24, 2.45) is 0 Å². The number of benzene rings is 1. The molecule has 2 nitrogen and oxygen atoms in total. The molecule has 1 aromatic carbocycles. The minimum absolute atomic E-state index is 0.154. The summed E-state index contributed by atoms with van der Waals surface area (Å²) in [5, 5.41) is 3.59. The summed E-state index contributed by atoms with van der Waals surface area (Å²) in [6.07, 6.45) is 2.08. The molecule has 0 heterocycles. The molecule has 0 aromatic heterocycles. The van der Waals surface area contributed by atoms with Crippen LogP contribution in [-0.2, 0) is 11.2 Å². The van der Waals surface area contributed by atoms with Gasteiger partial charge in [0.05, 0.1) is 11.6 Å². The van der Waals surface area contributed by atoms with Crippen LogP contribution in [0.25, 0.3) is 0 Å². The first-order valence-electron chi connectivity index (χ1n) is 7.57. The zero-order valence-corrected chi connectivity index (χ0v) is 13.1. The van der Waals surface area contributed by atoms with Gasteiger partial charge in [-0.15, -0.1) is 0 Å². The van der Waals surface area contributed by atoms with Gasteiger partial charge in [-0.3, -0.25) is 0 Å². The summed E-state index contributed by atoms with van der Waals surface area (Å²) >= 11 is 0. The van der Waals surface area contributed by atoms with Gasteiger partial charge in [0, 0.05) is 6.61 Å². The van der Waals surface area contributed by atoms with Crippen LogP contribution in [0.1, 0.15) is 58.2 Å². The predicted molar refractivity (Wildman–Crippen MR) is 82.6 cm³/mol. The van der Waals surface area contributed by atoms with E-state index < -0.39 is 0 Å². The van der Waals surface area contributed by atoms with E-state index in [1.165, 1.54) is 11.1 Å². The molecule has 1 rings (SSSR count). The van der Waals surface area contributed by atoms with Crippen molar-refractivity contribution in [3.63, 3.8) is 0 Å². The quantitative estimate of drug-likeness (QED) is 0.762. The number of likely N-dealkylation sites (N-methyl/N-ethyl adjacent to an activating group) is 1. The molecule has 0 amide bonds. The zero-order chi connectivity index (χ0) is 14.3. The molecule has 0 saturated carbocycles. The number of rotatable bonds is 8. The summed E-state index contributed by atoms with van der Waals surface area (Å²) in [6.45, 7) is 12.5. The molecular weight excluding hydrogens is 234 g/mol. The van der Waals surface area contributed by atoms with Gasteiger partial charge in [-0.1, -0.05) is 45.0 Å². The predicted octanol–water partition coefficient (Wildman–Crippen LogP) is 4.10. The van der Waals surface area contributed by atoms with Gasteiger partial charge in [-0.25, -0.2) is 0 Å². The van der Waals surface area contributed by atoms with Gasteiger partial charge in [-0.05, 0) is 44.4 Å². The lowest BCUT2D eigenvalue weighted by Gasteiger charge is -2.37. The van der Waals surface area contributed by atoms with E-state index >= 15 is 0 Å². The van der Waals surface area contributed by atoms with Gasteiger partial charge in [0.2, 0.25) is 0 Å². The maximum absolute atomic E-state index is 6.04. The summed E-state index contributed by atoms with van der Waals surface area (Å²) in [7, 11) is 0. The minimum Gasteiger partial charge on any atom is -0.374 e. The van der Waals surface area contributed by atoms with Crippen molar-refractivity contribution >= 4 is 0 Å². The molecule has 2 unspecified atom stereocenters. The molecule has 0 aliphatic carbocycles. The Bertz CT molecular complexity index is 360. The molecule has 1 aromatic rings. The number of hydrogen-bond donors (Lipinski definition) is 1. The Labute approximate surface area is 118 Å². The zero-order valence-electron chi connectivity index (χ0n) is 13.1. The Balaban J connectivity index is 3.03. The molecule has 19 heavy (non-hydrogen) atoms. The molecule has 0 bridgehead atoms. The Hall–Kier alpha value is -0.860. The van der Waals surface area contributed by atoms with E-state index in [4.69, 9.17) is 4.74 Å². The van der Waals surface area contributed by atoms with Crippen LogP contribution in [0.2, 0.25) is 0 Å². The molecular formula is C17H29NO. The Morgan fingerprint density at radius 2 is 1.74 bits per heavy atom. The van der Waals surface area contributed by atoms with E-state index in [9.17, 15) is 0 Å². The largest absolute Gasteiger partial charge is 0.374 e. The average Bonchev–Trinajstić information content (AvgIpc) is 2.45. The highest BCUT2D eigenvalue weighted by atomic mass is 16.5. The maximum Gasteiger partial charge on any atom is 0.0845 e. The first kappa shape index (κ1) is 16.2. The maximum atomic E-state index is 6.04. The van der Waals surface area contributed by atoms with Crippen molar-refractivity contribution in [1.29, 1.82) is 0 Å². The lowest BCUT2D eigenvalue weighted by atomic mass is 9.87. The summed E-state index contributed by atoms with van der Waals surface area (Å²) in [5.74, 6) is 0. The van der Waals surface area contributed by atoms with Gasteiger partial charge in [0.1, 0.15) is 0 Å². The molecule has 1 N–H and O–H groups in total. The van der Waals surface area contributed by atoms with E-state index in [0.717, 1.165) is 26.0 Å². The Morgan fingerprint density at radius 3 is 2.16 bits per heavy atom. The number of hydrogen-bond acceptors (Lipinski definition) is 2. The number of ether oxygens (including phenoxy) is 1. The average molecular weight is 263 g/mol. The molecule has 0 fully saturated rings. The van der Waals surface area contributed by atoms with Gasteiger partial charge >= 0.3 is 0 Å². The number of aryl methyl sites for hydroxylation is 1. The van der Waals surface area contributed by atoms with Crippen LogP contribution >= 0.6 is 0 Å². The summed E-state index contributed by atoms with van der Waals surface area (Å²) < 4.78 is 6.04. The fourth-order valence-electron chi connectivity index (χ4n) is 2.56. The topological polar surface area (TPSA) is 21.3 Å². The fourth-order valence-corrected chi connectivity index (χ4v) is 2.56. The monoisotopic (exact) mass is 263 g/mol. The smallest absolute Gasteiger partial charge is 0.0845 e. The number of nitrogens with one attached hydrogen (secondary N) is 1. The molecule has 0 aliphatic rings. The molecule has 108 valence electrons. The van der Waals surface area contributed by atoms with Crippen LogP contribution in [0.4, 0.5) is 0 Å². The van der Waals surface area contributed by atoms with E-state index in [1.807, 2.05) is 0 Å². The van der Waals surface area contributed by atoms with Gasteiger partial charge in [-0.2, -0.15) is 0 Å². The third kappa shape index (κ3) is 4.05. The van der Waals surface area contributed by atoms with E-state index in [1.54, 1.807) is 0 Å². The van der Waals surface area contributed by atoms with E-state index in [-0.39, 0.29) is 11.6 Å². The second-order valence-corrected chi connectivity index (χ2v) is 5.19. The fraction of sp³-hybridized carbons (Fsp3) is 0.647. The normalized spacial score (nSPS) is 16.1. The van der Waals surface area contributed by atoms with Crippen molar-refractivity contribution in [2.45, 2.75) is 59.1 Å². The first-order valence-corrected chi connectivity index (χ1v) is 7.57. The van der Waals surface area contributed by atoms with Crippen LogP contribution in [-0.4, -0.2) is 18.8 Å². The van der Waals surface area contributed by atoms with Crippen LogP contribution in [0, 0.1) is 0 Å². The Kier molecular flexibility index (Phi) is 6.53. The highest BCUT2D eigenvalue weighted by Crippen LogP contribution is 2.32. The third-order valence-corrected chi connectivity index (χ3v) is 3.92. The summed E-state index contributed by atoms with van der Waals surface area (Å²) in [4.78, 5) is 0. The second kappa shape index (κ2) is 7.66. The minimum atomic E-state index is -0.154. The van der Waals surface area contributed by atoms with Crippen molar-refractivity contribution in [3.05, 3.63) is 35.4 Å². The first-order chi connectivity index (χ1) is 9.11. The van der Waals surface area contributed by atoms with Gasteiger partial charge in [0.25, 0.3) is 0 Å². The lowest BCUT2D eigenvalue weighted by Crippen LogP contribution is -2.43. The van der Waals surface area contributed by atoms with Crippen molar-refractivity contribution in [1.82, 2.24) is 5.32 Å². The van der Waals surface area contributed by atoms with Crippen molar-refractivity contribution in [2.75, 3.05) is 13.2 Å². The van der Waals surface area contributed by atoms with Crippen molar-refractivity contribution in [3.8, 4) is 0 Å². The molecule has 0 radical (unpaired) electrons. The van der Waals surface area contributed by atoms with E-state index in [2.05, 4.69) is 64.2 Å². The second-order valence-electron chi connectivity index (χ2n) is 5.19. The van der Waals surface area contributed by atoms with Crippen molar-refractivity contribution < 1.29 is 4.74 Å². The van der Waals surface area contributed by atoms with Crippen LogP contribution in [0.3, 0.4) is 0 Å². The lowest BCUT2D eigenvalue weighted by molar-refractivity contribution is -0.0560.